The smallest absolute Gasteiger partial charge is 0.263 e. The molecule has 10 aromatic heterocycles. The Balaban J connectivity index is 0.000000124. The van der Waals surface area contributed by atoms with E-state index in [0.29, 0.717) is 118 Å². The van der Waals surface area contributed by atoms with Crippen LogP contribution in [0.25, 0.3) is 40.9 Å². The third-order valence-corrected chi connectivity index (χ3v) is 31.1. The fourth-order valence-electron chi connectivity index (χ4n) is 19.5. The van der Waals surface area contributed by atoms with E-state index < -0.39 is 36.8 Å². The Morgan fingerprint density at radius 1 is 0.410 bits per heavy atom. The zero-order chi connectivity index (χ0) is 94.5. The predicted molar refractivity (Wildman–Crippen MR) is 524 cm³/mol. The number of pyridine rings is 6. The maximum Gasteiger partial charge on any atom is 0.263 e. The van der Waals surface area contributed by atoms with Gasteiger partial charge >= 0.3 is 0 Å². The number of benzene rings is 2. The van der Waals surface area contributed by atoms with Crippen LogP contribution in [0.1, 0.15) is 119 Å². The second kappa shape index (κ2) is 39.8. The summed E-state index contributed by atoms with van der Waals surface area (Å²) in [6.45, 7) is 18.2. The third kappa shape index (κ3) is 20.1. The van der Waals surface area contributed by atoms with Crippen LogP contribution in [0.3, 0.4) is 0 Å². The molecule has 0 saturated carbocycles. The minimum Gasteiger partial charge on any atom is -0.491 e. The standard InChI is InChI=1S/2C25H32N6O2S.2C23H25F2N5O2S/c2*1-13-8-14(2)28-25-21(13)22(27)23(34-25)24(32)29-17-5-6-19-15(9-17)4-7-20(30-19)31-10-16(12-33-3)18(26)11-31;2*1-11-2-5-15-19(27)20(33-23(15)28-11)22(31)29-13-6-12-3-4-14(7-18(12)32-10-13)30-8-16(21(24)25)17(26)9-30/h2*4,7-8,16-18H,5-6,9-12,26-27H2,1-3H3,(H,29,32);2*2-5,7,13,16-17,21H,6,8-10,26-27H2,1H3,(H,29,31)/t16-,17+,18-;16-,17-,18-;13-,16+,17+;13-,16-,17-/m1011/s1. The van der Waals surface area contributed by atoms with Crippen LogP contribution in [-0.4, -0.2) is 208 Å². The Kier molecular flexibility index (Phi) is 28.0. The highest BCUT2D eigenvalue weighted by molar-refractivity contribution is 7.22. The molecule has 6 aliphatic heterocycles. The molecule has 38 heteroatoms. The van der Waals surface area contributed by atoms with E-state index in [2.05, 4.69) is 75.3 Å². The number of ether oxygens (including phenoxy) is 4. The van der Waals surface area contributed by atoms with E-state index in [1.54, 1.807) is 14.2 Å². The molecule has 708 valence electrons. The Hall–Kier alpha value is -11.5. The fourth-order valence-corrected chi connectivity index (χ4v) is 23.8. The number of hydrogen-bond acceptors (Lipinski definition) is 30. The van der Waals surface area contributed by atoms with Crippen LogP contribution in [0.2, 0.25) is 0 Å². The zero-order valence-corrected chi connectivity index (χ0v) is 79.2. The highest BCUT2D eigenvalue weighted by Crippen LogP contribution is 2.43. The number of nitrogen functional groups attached to an aromatic ring is 4. The molecule has 2 aromatic carbocycles. The van der Waals surface area contributed by atoms with Crippen molar-refractivity contribution in [3.8, 4) is 11.5 Å². The maximum absolute atomic E-state index is 13.1. The number of alkyl halides is 4. The molecular formula is C96H114F4N22O8S4. The number of aromatic nitrogens is 6. The van der Waals surface area contributed by atoms with Crippen molar-refractivity contribution in [2.24, 2.45) is 46.6 Å². The summed E-state index contributed by atoms with van der Waals surface area (Å²) in [6, 6.07) is 30.1. The molecule has 4 saturated heterocycles. The van der Waals surface area contributed by atoms with E-state index in [0.717, 1.165) is 185 Å². The van der Waals surface area contributed by atoms with Crippen LogP contribution in [0.5, 0.6) is 11.5 Å². The number of fused-ring (bicyclic) bond motifs is 8. The van der Waals surface area contributed by atoms with Crippen LogP contribution in [0.4, 0.5) is 63.3 Å². The molecule has 20 rings (SSSR count). The summed E-state index contributed by atoms with van der Waals surface area (Å²) in [5.41, 5.74) is 65.3. The molecule has 4 fully saturated rings. The van der Waals surface area contributed by atoms with Gasteiger partial charge in [0.05, 0.1) is 59.9 Å². The number of aryl methyl sites for hydroxylation is 8. The van der Waals surface area contributed by atoms with Crippen LogP contribution in [0.15, 0.2) is 97.1 Å². The van der Waals surface area contributed by atoms with E-state index in [1.807, 2.05) is 124 Å². The Bertz CT molecular complexity index is 6060. The van der Waals surface area contributed by atoms with Gasteiger partial charge in [-0.25, -0.2) is 47.5 Å². The average molecular weight is 1910 g/mol. The van der Waals surface area contributed by atoms with E-state index in [-0.39, 0.29) is 73.0 Å². The molecule has 8 aliphatic rings. The van der Waals surface area contributed by atoms with Crippen molar-refractivity contribution in [3.05, 3.63) is 184 Å². The lowest BCUT2D eigenvalue weighted by Crippen LogP contribution is -2.42. The van der Waals surface area contributed by atoms with Crippen LogP contribution in [0, 0.1) is 65.2 Å². The summed E-state index contributed by atoms with van der Waals surface area (Å²) < 4.78 is 75.1. The molecule has 30 nitrogen and oxygen atoms in total. The van der Waals surface area contributed by atoms with Gasteiger partial charge in [-0.15, -0.1) is 45.3 Å². The molecule has 134 heavy (non-hydrogen) atoms. The van der Waals surface area contributed by atoms with E-state index in [4.69, 9.17) is 74.8 Å². The molecule has 0 unspecified atom stereocenters. The lowest BCUT2D eigenvalue weighted by atomic mass is 9.91. The largest absolute Gasteiger partial charge is 0.491 e. The van der Waals surface area contributed by atoms with Crippen molar-refractivity contribution in [2.45, 2.75) is 154 Å². The van der Waals surface area contributed by atoms with E-state index in [1.165, 1.54) is 56.5 Å². The molecule has 0 spiro atoms. The van der Waals surface area contributed by atoms with E-state index >= 15 is 0 Å². The number of thiophene rings is 4. The first-order valence-electron chi connectivity index (χ1n) is 45.2. The van der Waals surface area contributed by atoms with Gasteiger partial charge in [0.2, 0.25) is 12.9 Å². The number of nitrogens with one attached hydrogen (secondary N) is 4. The highest BCUT2D eigenvalue weighted by atomic mass is 32.1. The highest BCUT2D eigenvalue weighted by Gasteiger charge is 2.41. The maximum atomic E-state index is 13.1. The summed E-state index contributed by atoms with van der Waals surface area (Å²) in [7, 11) is 3.44. The molecule has 12 aromatic rings. The quantitative estimate of drug-likeness (QED) is 0.0355. The van der Waals surface area contributed by atoms with Gasteiger partial charge in [-0.2, -0.15) is 0 Å². The van der Waals surface area contributed by atoms with Crippen molar-refractivity contribution in [2.75, 3.05) is 136 Å². The molecule has 16 heterocycles. The van der Waals surface area contributed by atoms with E-state index in [9.17, 15) is 36.7 Å². The van der Waals surface area contributed by atoms with Crippen LogP contribution < -0.4 is 96.2 Å². The average Bonchev–Trinajstić information content (AvgIpc) is 1.66. The molecule has 0 radical (unpaired) electrons. The topological polar surface area (TPSA) is 452 Å². The molecule has 4 amide bonds. The summed E-state index contributed by atoms with van der Waals surface area (Å²) in [5.74, 6) is 1.62. The minimum atomic E-state index is -2.43. The van der Waals surface area contributed by atoms with Crippen LogP contribution >= 0.6 is 45.3 Å². The van der Waals surface area contributed by atoms with Gasteiger partial charge in [-0.05, 0) is 187 Å². The first-order chi connectivity index (χ1) is 64.3. The number of halogens is 4. The molecular weight excluding hydrogens is 1790 g/mol. The van der Waals surface area contributed by atoms with Gasteiger partial charge in [0.1, 0.15) is 75.2 Å². The van der Waals surface area contributed by atoms with Gasteiger partial charge in [-0.1, -0.05) is 24.3 Å². The van der Waals surface area contributed by atoms with Gasteiger partial charge in [0.15, 0.2) is 0 Å². The van der Waals surface area contributed by atoms with Crippen LogP contribution in [-0.2, 0) is 48.0 Å². The lowest BCUT2D eigenvalue weighted by Gasteiger charge is -2.28. The number of nitrogens with zero attached hydrogens (tertiary/aromatic N) is 10. The fraction of sp³-hybridized carbons (Fsp3) is 0.438. The molecule has 12 atom stereocenters. The van der Waals surface area contributed by atoms with Crippen molar-refractivity contribution >= 4 is 156 Å². The molecule has 20 N–H and O–H groups in total. The van der Waals surface area contributed by atoms with Gasteiger partial charge in [0.25, 0.3) is 23.6 Å². The number of methoxy groups -OCH3 is 2. The Labute approximate surface area is 789 Å². The van der Waals surface area contributed by atoms with Gasteiger partial charge in [-0.3, -0.25) is 19.2 Å². The Morgan fingerprint density at radius 3 is 1.14 bits per heavy atom. The van der Waals surface area contributed by atoms with Crippen molar-refractivity contribution in [1.29, 1.82) is 0 Å². The zero-order valence-electron chi connectivity index (χ0n) is 76.0. The minimum absolute atomic E-state index is 0.0550. The predicted octanol–water partition coefficient (Wildman–Crippen LogP) is 11.1. The summed E-state index contributed by atoms with van der Waals surface area (Å²) in [5, 5.41) is 15.8. The SMILES string of the molecule is COC[C@@H]1CN(c2ccc3c(n2)CC[C@H](NC(=O)c2sc4nc(C)cc(C)c4c2N)C3)C[C@@H]1N.COC[C@H]1CN(c2ccc3c(n2)CC[C@H](NC(=O)c2sc4nc(C)cc(C)c4c2N)C3)C[C@H]1N.Cc1ccc2c(N)c(C(=O)N[C@H]3COc4cc(N5C[C@@H](N)[C@H](C(F)F)C5)ccc4C3)sc2n1.Cc1ccc2c(N)c(C(=O)N[C@H]3COc4cc(N5C[C@H](C(F)F)[C@@H](N)C5)ccc4C3)sc2n1. The Morgan fingerprint density at radius 2 is 0.761 bits per heavy atom. The number of amides is 4. The van der Waals surface area contributed by atoms with Crippen molar-refractivity contribution in [1.82, 2.24) is 51.2 Å². The van der Waals surface area contributed by atoms with Gasteiger partial charge in [0, 0.05) is 194 Å². The first-order valence-corrected chi connectivity index (χ1v) is 48.5. The van der Waals surface area contributed by atoms with Crippen molar-refractivity contribution < 1.29 is 55.7 Å². The van der Waals surface area contributed by atoms with Crippen molar-refractivity contribution in [3.63, 3.8) is 0 Å². The number of carbonyl (C=O) groups is 4. The number of anilines is 8. The normalized spacial score (nSPS) is 22.3. The number of nitrogens with two attached hydrogens (primary N) is 8. The third-order valence-electron chi connectivity index (χ3n) is 26.7. The number of hydrogen-bond donors (Lipinski definition) is 12. The second-order valence-electron chi connectivity index (χ2n) is 36.5. The first kappa shape index (κ1) is 94.3. The summed E-state index contributed by atoms with van der Waals surface area (Å²) in [6.07, 6.45) is 1.23. The number of rotatable bonds is 18. The lowest BCUT2D eigenvalue weighted by molar-refractivity contribution is 0.0800. The number of carbonyl (C=O) groups excluding carboxylic acids is 4. The second-order valence-corrected chi connectivity index (χ2v) is 40.5. The summed E-state index contributed by atoms with van der Waals surface area (Å²) >= 11 is 5.30. The van der Waals surface area contributed by atoms with Gasteiger partial charge < -0.3 is 106 Å². The summed E-state index contributed by atoms with van der Waals surface area (Å²) in [4.78, 5) is 93.3. The monoisotopic (exact) mass is 1910 g/mol. The molecule has 2 aliphatic carbocycles. The molecule has 0 bridgehead atoms.